The lowest BCUT2D eigenvalue weighted by Crippen LogP contribution is -2.64. The predicted octanol–water partition coefficient (Wildman–Crippen LogP) is 4.29. The highest BCUT2D eigenvalue weighted by atomic mass is 16.1. The Kier molecular flexibility index (Phi) is 2.59. The van der Waals surface area contributed by atoms with Gasteiger partial charge in [0.25, 0.3) is 0 Å². The van der Waals surface area contributed by atoms with Gasteiger partial charge in [0.1, 0.15) is 0 Å². The molecule has 6 atom stereocenters. The molecule has 1 aliphatic heterocycles. The van der Waals surface area contributed by atoms with Gasteiger partial charge in [0, 0.05) is 12.5 Å². The van der Waals surface area contributed by atoms with Crippen LogP contribution in [0.5, 0.6) is 0 Å². The standard InChI is InChI=1S/C20H31NO/c1-18-7-3-4-14(18)13-12-20(10-11-20)17-19(2,15(13)5-8-18)9-6-16(22)21-17/h13-15,17H,3-12H2,1-2H3,(H,21,22)/t13?,14?,15?,17?,18-,19+/m0/s1. The smallest absolute Gasteiger partial charge is 0.220 e. The average molecular weight is 301 g/mol. The molecular formula is C20H31NO. The molecular weight excluding hydrogens is 270 g/mol. The van der Waals surface area contributed by atoms with Crippen LogP contribution < -0.4 is 5.32 Å². The Morgan fingerprint density at radius 1 is 1.00 bits per heavy atom. The number of fused-ring (bicyclic) bond motifs is 6. The molecule has 22 heavy (non-hydrogen) atoms. The van der Waals surface area contributed by atoms with E-state index >= 15 is 0 Å². The SMILES string of the molecule is C[C@@]12CCCC1C1CC3(CC3)C3NC(=O)CC[C@]3(C)C1CC2. The van der Waals surface area contributed by atoms with Crippen LogP contribution in [0.1, 0.15) is 78.1 Å². The summed E-state index contributed by atoms with van der Waals surface area (Å²) in [5.74, 6) is 3.15. The van der Waals surface area contributed by atoms with Crippen molar-refractivity contribution in [3.63, 3.8) is 0 Å². The van der Waals surface area contributed by atoms with Gasteiger partial charge in [-0.05, 0) is 85.4 Å². The van der Waals surface area contributed by atoms with Crippen molar-refractivity contribution in [3.8, 4) is 0 Å². The average Bonchev–Trinajstić information content (AvgIpc) is 3.13. The van der Waals surface area contributed by atoms with Gasteiger partial charge in [-0.15, -0.1) is 0 Å². The third kappa shape index (κ3) is 1.60. The van der Waals surface area contributed by atoms with Gasteiger partial charge in [0.15, 0.2) is 0 Å². The number of hydrogen-bond acceptors (Lipinski definition) is 1. The maximum absolute atomic E-state index is 12.1. The normalized spacial score (nSPS) is 55.1. The second-order valence-electron chi connectivity index (χ2n) is 10.0. The van der Waals surface area contributed by atoms with Gasteiger partial charge in [-0.3, -0.25) is 4.79 Å². The minimum atomic E-state index is 0.328. The van der Waals surface area contributed by atoms with E-state index in [1.807, 2.05) is 0 Å². The van der Waals surface area contributed by atoms with Crippen LogP contribution in [0.4, 0.5) is 0 Å². The second-order valence-corrected chi connectivity index (χ2v) is 10.0. The summed E-state index contributed by atoms with van der Waals surface area (Å²) < 4.78 is 0. The Morgan fingerprint density at radius 3 is 2.59 bits per heavy atom. The van der Waals surface area contributed by atoms with E-state index < -0.39 is 0 Å². The fourth-order valence-corrected chi connectivity index (χ4v) is 7.80. The summed E-state index contributed by atoms with van der Waals surface area (Å²) in [5, 5.41) is 3.47. The van der Waals surface area contributed by atoms with E-state index in [4.69, 9.17) is 0 Å². The van der Waals surface area contributed by atoms with Crippen LogP contribution in [0, 0.1) is 34.0 Å². The van der Waals surface area contributed by atoms with Crippen molar-refractivity contribution < 1.29 is 4.79 Å². The first-order chi connectivity index (χ1) is 10.5. The number of amides is 1. The van der Waals surface area contributed by atoms with E-state index in [1.54, 1.807) is 0 Å². The minimum absolute atomic E-state index is 0.328. The summed E-state index contributed by atoms with van der Waals surface area (Å²) >= 11 is 0. The molecule has 4 saturated carbocycles. The number of carbonyl (C=O) groups is 1. The van der Waals surface area contributed by atoms with E-state index in [0.717, 1.165) is 30.6 Å². The molecule has 1 heterocycles. The molecule has 1 amide bonds. The van der Waals surface area contributed by atoms with Crippen LogP contribution in [0.25, 0.3) is 0 Å². The van der Waals surface area contributed by atoms with Crippen LogP contribution in [-0.4, -0.2) is 11.9 Å². The molecule has 2 heteroatoms. The molecule has 2 nitrogen and oxygen atoms in total. The van der Waals surface area contributed by atoms with Gasteiger partial charge in [-0.1, -0.05) is 20.3 Å². The monoisotopic (exact) mass is 301 g/mol. The molecule has 0 aromatic rings. The Morgan fingerprint density at radius 2 is 1.82 bits per heavy atom. The molecule has 0 radical (unpaired) electrons. The summed E-state index contributed by atoms with van der Waals surface area (Å²) in [6, 6.07) is 0.494. The molecule has 4 aliphatic carbocycles. The minimum Gasteiger partial charge on any atom is -0.352 e. The quantitative estimate of drug-likeness (QED) is 0.710. The van der Waals surface area contributed by atoms with Crippen molar-refractivity contribution >= 4 is 5.91 Å². The molecule has 5 aliphatic rings. The topological polar surface area (TPSA) is 29.1 Å². The zero-order valence-corrected chi connectivity index (χ0v) is 14.3. The van der Waals surface area contributed by atoms with Gasteiger partial charge in [-0.2, -0.15) is 0 Å². The largest absolute Gasteiger partial charge is 0.352 e. The van der Waals surface area contributed by atoms with Crippen LogP contribution in [0.15, 0.2) is 0 Å². The summed E-state index contributed by atoms with van der Waals surface area (Å²) in [5.41, 5.74) is 1.53. The zero-order chi connectivity index (χ0) is 15.2. The fourth-order valence-electron chi connectivity index (χ4n) is 7.80. The molecule has 0 aromatic heterocycles. The van der Waals surface area contributed by atoms with E-state index in [1.165, 1.54) is 51.4 Å². The first kappa shape index (κ1) is 13.9. The van der Waals surface area contributed by atoms with Crippen molar-refractivity contribution in [1.82, 2.24) is 5.32 Å². The Balaban J connectivity index is 1.55. The van der Waals surface area contributed by atoms with Gasteiger partial charge in [0.2, 0.25) is 5.91 Å². The highest BCUT2D eigenvalue weighted by molar-refractivity contribution is 5.77. The van der Waals surface area contributed by atoms with E-state index in [2.05, 4.69) is 19.2 Å². The van der Waals surface area contributed by atoms with Gasteiger partial charge in [0.05, 0.1) is 0 Å². The van der Waals surface area contributed by atoms with Gasteiger partial charge < -0.3 is 5.32 Å². The van der Waals surface area contributed by atoms with Crippen molar-refractivity contribution in [2.75, 3.05) is 0 Å². The number of nitrogens with one attached hydrogen (secondary N) is 1. The van der Waals surface area contributed by atoms with Crippen molar-refractivity contribution in [1.29, 1.82) is 0 Å². The number of piperidine rings is 1. The molecule has 1 N–H and O–H groups in total. The number of hydrogen-bond donors (Lipinski definition) is 1. The van der Waals surface area contributed by atoms with Crippen molar-refractivity contribution in [2.24, 2.45) is 34.0 Å². The molecule has 4 unspecified atom stereocenters. The van der Waals surface area contributed by atoms with Crippen molar-refractivity contribution in [3.05, 3.63) is 0 Å². The van der Waals surface area contributed by atoms with E-state index in [0.29, 0.717) is 28.2 Å². The molecule has 1 spiro atoms. The Bertz CT molecular complexity index is 524. The third-order valence-electron chi connectivity index (χ3n) is 9.07. The Labute approximate surface area is 134 Å². The first-order valence-corrected chi connectivity index (χ1v) is 9.76. The lowest BCUT2D eigenvalue weighted by molar-refractivity contribution is -0.144. The summed E-state index contributed by atoms with van der Waals surface area (Å²) in [4.78, 5) is 12.1. The number of rotatable bonds is 0. The lowest BCUT2D eigenvalue weighted by atomic mass is 9.45. The molecule has 0 bridgehead atoms. The summed E-state index contributed by atoms with van der Waals surface area (Å²) in [6.45, 7) is 5.14. The van der Waals surface area contributed by atoms with Crippen molar-refractivity contribution in [2.45, 2.75) is 84.1 Å². The summed E-state index contributed by atoms with van der Waals surface area (Å²) in [7, 11) is 0. The molecule has 1 saturated heterocycles. The van der Waals surface area contributed by atoms with Gasteiger partial charge in [-0.25, -0.2) is 0 Å². The highest BCUT2D eigenvalue weighted by Crippen LogP contribution is 2.71. The third-order valence-corrected chi connectivity index (χ3v) is 9.07. The molecule has 122 valence electrons. The van der Waals surface area contributed by atoms with Gasteiger partial charge >= 0.3 is 0 Å². The lowest BCUT2D eigenvalue weighted by Gasteiger charge is -2.62. The molecule has 5 rings (SSSR count). The van der Waals surface area contributed by atoms with E-state index in [-0.39, 0.29) is 0 Å². The second kappa shape index (κ2) is 4.11. The Hall–Kier alpha value is -0.530. The van der Waals surface area contributed by atoms with Crippen LogP contribution in [-0.2, 0) is 4.79 Å². The molecule has 5 fully saturated rings. The maximum atomic E-state index is 12.1. The van der Waals surface area contributed by atoms with Crippen LogP contribution in [0.2, 0.25) is 0 Å². The summed E-state index contributed by atoms with van der Waals surface area (Å²) in [6.07, 6.45) is 13.4. The van der Waals surface area contributed by atoms with E-state index in [9.17, 15) is 4.79 Å². The molecule has 0 aromatic carbocycles. The predicted molar refractivity (Wildman–Crippen MR) is 87.2 cm³/mol. The fraction of sp³-hybridized carbons (Fsp3) is 0.950. The zero-order valence-electron chi connectivity index (χ0n) is 14.3. The number of carbonyl (C=O) groups excluding carboxylic acids is 1. The van der Waals surface area contributed by atoms with Crippen LogP contribution >= 0.6 is 0 Å². The highest BCUT2D eigenvalue weighted by Gasteiger charge is 2.67. The van der Waals surface area contributed by atoms with Crippen LogP contribution in [0.3, 0.4) is 0 Å². The maximum Gasteiger partial charge on any atom is 0.220 e. The first-order valence-electron chi connectivity index (χ1n) is 9.76.